The Bertz CT molecular complexity index is 1410. The summed E-state index contributed by atoms with van der Waals surface area (Å²) >= 11 is 0. The van der Waals surface area contributed by atoms with Crippen molar-refractivity contribution in [1.29, 1.82) is 0 Å². The number of Topliss-reactive ketones (excluding diaryl/α,β-unsaturated/α-hetero) is 1. The summed E-state index contributed by atoms with van der Waals surface area (Å²) in [5.74, 6) is -0.837. The van der Waals surface area contributed by atoms with E-state index in [2.05, 4.69) is 10.5 Å². The Hall–Kier alpha value is -4.10. The first-order valence-corrected chi connectivity index (χ1v) is 10.4. The number of aryl methyl sites for hydroxylation is 1. The number of amides is 1. The van der Waals surface area contributed by atoms with Crippen molar-refractivity contribution in [3.8, 4) is 0 Å². The van der Waals surface area contributed by atoms with Gasteiger partial charge in [-0.2, -0.15) is 0 Å². The SMILES string of the molecule is CC(=O)c1cccc(C(O)(Cc2ccccc2)C(=O)Nc2ccc3c(=O)onc(C)c3c2)c1. The summed E-state index contributed by atoms with van der Waals surface area (Å²) in [5, 5.41) is 19.0. The van der Waals surface area contributed by atoms with Gasteiger partial charge in [0, 0.05) is 23.1 Å². The van der Waals surface area contributed by atoms with Crippen LogP contribution in [0.15, 0.2) is 82.1 Å². The lowest BCUT2D eigenvalue weighted by Gasteiger charge is -2.28. The molecule has 0 saturated heterocycles. The largest absolute Gasteiger partial charge is 0.375 e. The fraction of sp³-hybridized carbons (Fsp3) is 0.154. The topological polar surface area (TPSA) is 110 Å². The summed E-state index contributed by atoms with van der Waals surface area (Å²) in [6, 6.07) is 20.3. The van der Waals surface area contributed by atoms with Crippen molar-refractivity contribution >= 4 is 28.2 Å². The number of benzene rings is 3. The number of nitrogens with one attached hydrogen (secondary N) is 1. The van der Waals surface area contributed by atoms with E-state index in [0.717, 1.165) is 5.56 Å². The molecule has 4 aromatic rings. The standard InChI is InChI=1S/C26H22N2O5/c1-16-23-14-21(11-12-22(23)24(30)33-28-16)27-25(31)26(32,15-18-7-4-3-5-8-18)20-10-6-9-19(13-20)17(2)29/h3-14,32H,15H2,1-2H3,(H,27,31). The Kier molecular flexibility index (Phi) is 5.89. The van der Waals surface area contributed by atoms with Crippen molar-refractivity contribution in [3.63, 3.8) is 0 Å². The van der Waals surface area contributed by atoms with Gasteiger partial charge in [0.05, 0.1) is 11.1 Å². The number of rotatable bonds is 6. The van der Waals surface area contributed by atoms with Crippen LogP contribution in [0.5, 0.6) is 0 Å². The summed E-state index contributed by atoms with van der Waals surface area (Å²) in [6.45, 7) is 3.12. The second-order valence-electron chi connectivity index (χ2n) is 7.93. The molecule has 0 aliphatic heterocycles. The van der Waals surface area contributed by atoms with E-state index < -0.39 is 17.1 Å². The molecule has 3 aromatic carbocycles. The minimum Gasteiger partial charge on any atom is -0.375 e. The lowest BCUT2D eigenvalue weighted by atomic mass is 9.85. The summed E-state index contributed by atoms with van der Waals surface area (Å²) in [4.78, 5) is 37.3. The zero-order valence-corrected chi connectivity index (χ0v) is 18.2. The van der Waals surface area contributed by atoms with Crippen molar-refractivity contribution in [2.24, 2.45) is 0 Å². The lowest BCUT2D eigenvalue weighted by molar-refractivity contribution is -0.135. The molecule has 0 saturated carbocycles. The number of carbonyl (C=O) groups is 2. The number of aliphatic hydroxyl groups is 1. The van der Waals surface area contributed by atoms with Gasteiger partial charge >= 0.3 is 5.63 Å². The number of carbonyl (C=O) groups excluding carboxylic acids is 2. The molecule has 0 bridgehead atoms. The molecule has 7 heteroatoms. The maximum Gasteiger partial charge on any atom is 0.366 e. The molecule has 1 aromatic heterocycles. The van der Waals surface area contributed by atoms with Crippen LogP contribution in [-0.4, -0.2) is 22.0 Å². The Labute approximate surface area is 189 Å². The molecule has 1 unspecified atom stereocenters. The monoisotopic (exact) mass is 442 g/mol. The van der Waals surface area contributed by atoms with Crippen molar-refractivity contribution in [3.05, 3.63) is 106 Å². The Morgan fingerprint density at radius 2 is 1.76 bits per heavy atom. The van der Waals surface area contributed by atoms with E-state index in [1.807, 2.05) is 30.3 Å². The smallest absolute Gasteiger partial charge is 0.366 e. The molecular formula is C26H22N2O5. The van der Waals surface area contributed by atoms with Crippen LogP contribution in [-0.2, 0) is 16.8 Å². The molecule has 0 aliphatic rings. The molecule has 0 fully saturated rings. The molecule has 33 heavy (non-hydrogen) atoms. The van der Waals surface area contributed by atoms with Gasteiger partial charge in [-0.1, -0.05) is 53.7 Å². The predicted molar refractivity (Wildman–Crippen MR) is 124 cm³/mol. The van der Waals surface area contributed by atoms with E-state index in [1.165, 1.54) is 19.1 Å². The zero-order valence-electron chi connectivity index (χ0n) is 18.2. The highest BCUT2D eigenvalue weighted by molar-refractivity contribution is 6.00. The van der Waals surface area contributed by atoms with Crippen molar-refractivity contribution in [2.75, 3.05) is 5.32 Å². The average Bonchev–Trinajstić information content (AvgIpc) is 2.82. The molecule has 4 rings (SSSR count). The fourth-order valence-corrected chi connectivity index (χ4v) is 3.74. The molecule has 7 nitrogen and oxygen atoms in total. The first-order chi connectivity index (χ1) is 15.8. The van der Waals surface area contributed by atoms with Crippen LogP contribution >= 0.6 is 0 Å². The van der Waals surface area contributed by atoms with E-state index >= 15 is 0 Å². The lowest BCUT2D eigenvalue weighted by Crippen LogP contribution is -2.42. The third-order valence-electron chi connectivity index (χ3n) is 5.58. The van der Waals surface area contributed by atoms with Gasteiger partial charge in [0.25, 0.3) is 5.91 Å². The Morgan fingerprint density at radius 3 is 2.48 bits per heavy atom. The van der Waals surface area contributed by atoms with Crippen LogP contribution in [0, 0.1) is 6.92 Å². The minimum absolute atomic E-state index is 0.00121. The number of fused-ring (bicyclic) bond motifs is 1. The molecular weight excluding hydrogens is 420 g/mol. The van der Waals surface area contributed by atoms with Gasteiger partial charge < -0.3 is 14.9 Å². The first kappa shape index (κ1) is 22.1. The van der Waals surface area contributed by atoms with Gasteiger partial charge in [-0.05, 0) is 49.2 Å². The van der Waals surface area contributed by atoms with Gasteiger partial charge in [0.2, 0.25) is 0 Å². The van der Waals surface area contributed by atoms with Gasteiger partial charge in [0.1, 0.15) is 0 Å². The van der Waals surface area contributed by atoms with Gasteiger partial charge in [-0.25, -0.2) is 4.79 Å². The van der Waals surface area contributed by atoms with Crippen LogP contribution in [0.25, 0.3) is 10.8 Å². The molecule has 0 aliphatic carbocycles. The molecule has 1 heterocycles. The molecule has 2 N–H and O–H groups in total. The number of hydrogen-bond donors (Lipinski definition) is 2. The number of anilines is 1. The van der Waals surface area contributed by atoms with E-state index in [0.29, 0.717) is 33.3 Å². The second kappa shape index (κ2) is 8.80. The van der Waals surface area contributed by atoms with E-state index in [9.17, 15) is 19.5 Å². The Morgan fingerprint density at radius 1 is 1.00 bits per heavy atom. The maximum absolute atomic E-state index is 13.5. The minimum atomic E-state index is -1.95. The highest BCUT2D eigenvalue weighted by Crippen LogP contribution is 2.29. The molecule has 0 spiro atoms. The summed E-state index contributed by atoms with van der Waals surface area (Å²) in [5.41, 5.74) is -0.201. The summed E-state index contributed by atoms with van der Waals surface area (Å²) in [6.07, 6.45) is -0.00121. The number of ketones is 1. The van der Waals surface area contributed by atoms with E-state index in [4.69, 9.17) is 4.52 Å². The predicted octanol–water partition coefficient (Wildman–Crippen LogP) is 3.77. The zero-order chi connectivity index (χ0) is 23.6. The first-order valence-electron chi connectivity index (χ1n) is 10.4. The average molecular weight is 442 g/mol. The highest BCUT2D eigenvalue weighted by atomic mass is 16.5. The normalized spacial score (nSPS) is 12.8. The van der Waals surface area contributed by atoms with E-state index in [-0.39, 0.29) is 12.2 Å². The van der Waals surface area contributed by atoms with Gasteiger partial charge in [0.15, 0.2) is 11.4 Å². The quantitative estimate of drug-likeness (QED) is 0.440. The van der Waals surface area contributed by atoms with Crippen molar-refractivity contribution < 1.29 is 19.2 Å². The van der Waals surface area contributed by atoms with Crippen molar-refractivity contribution in [2.45, 2.75) is 25.9 Å². The van der Waals surface area contributed by atoms with Crippen LogP contribution in [0.2, 0.25) is 0 Å². The highest BCUT2D eigenvalue weighted by Gasteiger charge is 2.38. The van der Waals surface area contributed by atoms with Crippen molar-refractivity contribution in [1.82, 2.24) is 5.16 Å². The van der Waals surface area contributed by atoms with Crippen LogP contribution in [0.3, 0.4) is 0 Å². The second-order valence-corrected chi connectivity index (χ2v) is 7.93. The summed E-state index contributed by atoms with van der Waals surface area (Å²) in [7, 11) is 0. The van der Waals surface area contributed by atoms with Gasteiger partial charge in [-0.3, -0.25) is 9.59 Å². The van der Waals surface area contributed by atoms with Crippen LogP contribution in [0.1, 0.15) is 34.1 Å². The van der Waals surface area contributed by atoms with E-state index in [1.54, 1.807) is 37.3 Å². The summed E-state index contributed by atoms with van der Waals surface area (Å²) < 4.78 is 4.74. The fourth-order valence-electron chi connectivity index (χ4n) is 3.74. The maximum atomic E-state index is 13.5. The molecule has 1 atom stereocenters. The third kappa shape index (κ3) is 4.44. The van der Waals surface area contributed by atoms with Crippen LogP contribution in [0.4, 0.5) is 5.69 Å². The molecule has 1 amide bonds. The molecule has 0 radical (unpaired) electrons. The Balaban J connectivity index is 1.75. The number of aromatic nitrogens is 1. The molecule has 166 valence electrons. The number of hydrogen-bond acceptors (Lipinski definition) is 6. The third-order valence-corrected chi connectivity index (χ3v) is 5.58. The number of nitrogens with zero attached hydrogens (tertiary/aromatic N) is 1. The van der Waals surface area contributed by atoms with Gasteiger partial charge in [-0.15, -0.1) is 0 Å². The van der Waals surface area contributed by atoms with Crippen LogP contribution < -0.4 is 10.9 Å².